The lowest BCUT2D eigenvalue weighted by Gasteiger charge is -2.43. The Kier molecular flexibility index (Phi) is 42.7. The molecule has 16 nitrogen and oxygen atoms in total. The topological polar surface area (TPSA) is 215 Å². The number of aromatic hydroxyl groups is 3. The van der Waals surface area contributed by atoms with Gasteiger partial charge in [-0.05, 0) is 279 Å². The number of phenolic OH excluding ortho intramolecular Hbond substituents is 3. The molecule has 1 amide bonds. The molecule has 1 aliphatic rings. The number of carbonyl (C=O) groups excluding carboxylic acids is 1. The van der Waals surface area contributed by atoms with Gasteiger partial charge in [-0.1, -0.05) is 248 Å². The molecule has 0 bridgehead atoms. The van der Waals surface area contributed by atoms with Gasteiger partial charge in [0.1, 0.15) is 34.4 Å². The van der Waals surface area contributed by atoms with Gasteiger partial charge in [0.25, 0.3) is 0 Å². The van der Waals surface area contributed by atoms with Gasteiger partial charge in [0, 0.05) is 111 Å². The van der Waals surface area contributed by atoms with Crippen molar-refractivity contribution >= 4 is 104 Å². The summed E-state index contributed by atoms with van der Waals surface area (Å²) < 4.78 is 43.7. The Labute approximate surface area is 821 Å². The first-order chi connectivity index (χ1) is 62.4. The predicted molar refractivity (Wildman–Crippen MR) is 575 cm³/mol. The van der Waals surface area contributed by atoms with Crippen molar-refractivity contribution in [2.75, 3.05) is 17.7 Å². The van der Waals surface area contributed by atoms with Crippen molar-refractivity contribution in [1.29, 1.82) is 0 Å². The molecule has 22 heteroatoms. The zero-order valence-electron chi connectivity index (χ0n) is 87.4. The Balaban J connectivity index is 0.000000263. The van der Waals surface area contributed by atoms with Crippen LogP contribution in [0.5, 0.6) is 17.2 Å². The highest BCUT2D eigenvalue weighted by Gasteiger charge is 2.29. The molecule has 6 aromatic carbocycles. The number of fused-ring (bicyclic) bond motifs is 5. The number of amides is 1. The highest BCUT2D eigenvalue weighted by molar-refractivity contribution is 9.08. The average molecular weight is 1950 g/mol. The van der Waals surface area contributed by atoms with Gasteiger partial charge in [0.05, 0.1) is 27.6 Å². The number of anilines is 1. The molecule has 1 saturated heterocycles. The van der Waals surface area contributed by atoms with Gasteiger partial charge < -0.3 is 35.2 Å². The third-order valence-electron chi connectivity index (χ3n) is 22.1. The van der Waals surface area contributed by atoms with E-state index in [1.807, 2.05) is 120 Å². The summed E-state index contributed by atoms with van der Waals surface area (Å²) in [6.45, 7) is 73.8. The predicted octanol–water partition coefficient (Wildman–Crippen LogP) is 32.3. The second-order valence-corrected chi connectivity index (χ2v) is 45.9. The first-order valence-corrected chi connectivity index (χ1v) is 49.9. The number of aromatic amines is 3. The zero-order valence-corrected chi connectivity index (χ0v) is 90.6. The number of aryl methyl sites for hydroxylation is 1. The number of alkyl halides is 1. The Hall–Kier alpha value is -10.4. The van der Waals surface area contributed by atoms with Crippen LogP contribution in [0.1, 0.15) is 309 Å². The molecule has 15 aromatic rings. The van der Waals surface area contributed by atoms with Crippen LogP contribution >= 0.6 is 38.6 Å². The Morgan fingerprint density at radius 2 is 1.15 bits per heavy atom. The van der Waals surface area contributed by atoms with E-state index >= 15 is 0 Å². The molecule has 1 fully saturated rings. The number of thiophene rings is 1. The van der Waals surface area contributed by atoms with E-state index in [4.69, 9.17) is 10.2 Å². The third kappa shape index (κ3) is 37.9. The lowest BCUT2D eigenvalue weighted by atomic mass is 9.87. The number of halogens is 4. The second-order valence-electron chi connectivity index (χ2n) is 43.9. The van der Waals surface area contributed by atoms with E-state index in [1.54, 1.807) is 36.4 Å². The van der Waals surface area contributed by atoms with E-state index in [2.05, 4.69) is 347 Å². The molecule has 0 radical (unpaired) electrons. The number of rotatable bonds is 3. The maximum Gasteiger partial charge on any atom is 0.223 e. The molecule has 0 spiro atoms. The van der Waals surface area contributed by atoms with Crippen molar-refractivity contribution in [1.82, 2.24) is 54.4 Å². The Morgan fingerprint density at radius 3 is 1.65 bits per heavy atom. The molecule has 1 unspecified atom stereocenters. The van der Waals surface area contributed by atoms with Gasteiger partial charge in [-0.2, -0.15) is 10.2 Å². The minimum atomic E-state index is -0.567. The van der Waals surface area contributed by atoms with E-state index in [0.29, 0.717) is 33.9 Å². The Morgan fingerprint density at radius 1 is 0.541 bits per heavy atom. The Bertz CT molecular complexity index is 6010. The van der Waals surface area contributed by atoms with Gasteiger partial charge in [-0.3, -0.25) is 19.5 Å². The first-order valence-electron chi connectivity index (χ1n) is 46.6. The number of likely N-dealkylation sites (tertiary alicyclic amines) is 1. The normalized spacial score (nSPS) is 13.0. The number of hydrogen-bond donors (Lipinski definition) is 7. The van der Waals surface area contributed by atoms with Gasteiger partial charge in [-0.25, -0.2) is 28.1 Å². The van der Waals surface area contributed by atoms with Crippen LogP contribution in [0.3, 0.4) is 0 Å². The monoisotopic (exact) mass is 1950 g/mol. The summed E-state index contributed by atoms with van der Waals surface area (Å²) in [5, 5.41) is 48.7. The third-order valence-corrected chi connectivity index (χ3v) is 24.3. The van der Waals surface area contributed by atoms with Crippen molar-refractivity contribution in [3.05, 3.63) is 280 Å². The van der Waals surface area contributed by atoms with Crippen LogP contribution in [0.15, 0.2) is 212 Å². The smallest absolute Gasteiger partial charge is 0.223 e. The molecule has 1 aliphatic heterocycles. The van der Waals surface area contributed by atoms with Crippen LogP contribution in [-0.2, 0) is 48.1 Å². The number of benzene rings is 6. The van der Waals surface area contributed by atoms with Gasteiger partial charge in [0.15, 0.2) is 16.7 Å². The maximum atomic E-state index is 12.9. The summed E-state index contributed by atoms with van der Waals surface area (Å²) in [6.07, 6.45) is 15.8. The van der Waals surface area contributed by atoms with E-state index in [9.17, 15) is 23.1 Å². The quantitative estimate of drug-likeness (QED) is 0.0831. The van der Waals surface area contributed by atoms with Gasteiger partial charge in [-0.15, -0.1) is 11.3 Å². The molecular formula is C113H158BrF3N12O4S2. The highest BCUT2D eigenvalue weighted by atomic mass is 79.9. The van der Waals surface area contributed by atoms with Crippen molar-refractivity contribution < 1.29 is 33.3 Å². The lowest BCUT2D eigenvalue weighted by Crippen LogP contribution is -2.49. The van der Waals surface area contributed by atoms with Crippen LogP contribution in [0.2, 0.25) is 0 Å². The molecule has 7 N–H and O–H groups in total. The molecule has 0 saturated carbocycles. The molecule has 734 valence electrons. The minimum absolute atomic E-state index is 0.0140. The number of phenols is 3. The fraction of sp³-hybridized carbons (Fsp3) is 0.451. The number of pyridine rings is 2. The van der Waals surface area contributed by atoms with Crippen molar-refractivity contribution in [2.45, 2.75) is 322 Å². The number of H-pyrrole nitrogens is 3. The first kappa shape index (κ1) is 115. The van der Waals surface area contributed by atoms with Crippen molar-refractivity contribution in [2.24, 2.45) is 0 Å². The molecule has 16 rings (SSSR count). The number of para-hydroxylation sites is 1. The number of hydrogen-bond acceptors (Lipinski definition) is 12. The number of aromatic nitrogens is 10. The van der Waals surface area contributed by atoms with Gasteiger partial charge >= 0.3 is 0 Å². The lowest BCUT2D eigenvalue weighted by molar-refractivity contribution is -0.114. The van der Waals surface area contributed by atoms with Gasteiger partial charge in [0.2, 0.25) is 5.91 Å². The summed E-state index contributed by atoms with van der Waals surface area (Å²) in [6, 6.07) is 53.8. The summed E-state index contributed by atoms with van der Waals surface area (Å²) in [4.78, 5) is 34.5. The summed E-state index contributed by atoms with van der Waals surface area (Å²) in [5.41, 5.74) is 15.5. The molecule has 9 aromatic heterocycles. The SMILES string of the molecule is CBr.CC(=O)Nc1nc2ccc(C(C)(C)C)cc2s1.CC(C)(C)c1cc(O)cc(F)c1.CC(C)(C)c1cc2cc(F)ccc2[nH]1.CC(C)(C)c1ccc(F)c(O)c1.CC(C)(C)c1cccc(O)c1.CC(C)(C)c1cccs1.CC(C)(C)c1cn[nH]c1.CC(C)(C)c1cnc2[nH]ccc2c1.CC(C)n1ccc2cccnc21.CC1CCCCN1C(C)(C)C.Cc1nn(C(C)C)c2ccccc12. The van der Waals surface area contributed by atoms with E-state index < -0.39 is 5.82 Å². The van der Waals surface area contributed by atoms with Crippen LogP contribution in [-0.4, -0.2) is 99.6 Å². The number of carbonyl (C=O) groups is 1. The summed E-state index contributed by atoms with van der Waals surface area (Å²) in [7, 11) is 0. The average Bonchev–Trinajstić information content (AvgIpc) is 1.66. The van der Waals surface area contributed by atoms with Crippen LogP contribution in [0.25, 0.3) is 54.1 Å². The van der Waals surface area contributed by atoms with Crippen LogP contribution < -0.4 is 5.32 Å². The number of piperidine rings is 1. The summed E-state index contributed by atoms with van der Waals surface area (Å²) >= 11 is 6.28. The molecule has 0 aliphatic carbocycles. The van der Waals surface area contributed by atoms with E-state index in [1.165, 1.54) is 112 Å². The van der Waals surface area contributed by atoms with E-state index in [0.717, 1.165) is 72.6 Å². The van der Waals surface area contributed by atoms with Crippen molar-refractivity contribution in [3.63, 3.8) is 0 Å². The van der Waals surface area contributed by atoms with E-state index in [-0.39, 0.29) is 66.9 Å². The van der Waals surface area contributed by atoms with Crippen LogP contribution in [0, 0.1) is 24.4 Å². The fourth-order valence-corrected chi connectivity index (χ4v) is 15.7. The molecule has 1 atom stereocenters. The highest BCUT2D eigenvalue weighted by Crippen LogP contribution is 2.36. The minimum Gasteiger partial charge on any atom is -0.508 e. The van der Waals surface area contributed by atoms with Crippen molar-refractivity contribution in [3.8, 4) is 17.2 Å². The standard InChI is InChI=1S/C13H16N2OS.C12H14FN.2C11H14N2.2C10H13FO.C10H12N2.C10H21N.C10H14O.C8H12S.C7H12N2.CH3Br/c1-8(16)14-12-15-10-6-5-9(13(2,3)4)7-11(10)17-12;1-12(2,3)11-7-8-6-9(13)4-5-10(8)14-11;1-11(2,3)9-6-8-4-5-12-10(8)13-7-9;1-8(2)13-11-7-5-4-6-10(11)9(3)12-13;1-10(2,3)7-4-8(11)6-9(12)5-7;1-10(2,3)7-4-5-8(11)9(12)6-7;1-8(2)12-7-5-9-4-3-6-11-10(9)12;1-9-7-5-6-8-11(9)10(2,3)4;1-10(2,3)8-5-4-6-9(11)7-8;1-8(2,3)7-5-4-6-9-7;1-7(2,3)6-4-8-9-5-6;1-2/h5-7H,1-4H3,(H,14,15,16);4-7,14H,1-3H3;4-7H,1-3H3,(H,12,13);4-8H,1-3H3;2*4-6,12H,1-3H3;3-8H,1-2H3;9H,5-8H2,1-4H3;4-7,11H,1-3H3;4-6H,1-3H3;4-5H,1-3H3,(H,8,9);1H3. The molecule has 135 heavy (non-hydrogen) atoms. The summed E-state index contributed by atoms with van der Waals surface area (Å²) in [5.74, 6) is 0.646. The van der Waals surface area contributed by atoms with Crippen LogP contribution in [0.4, 0.5) is 18.3 Å². The molecular weight excluding hydrogens is 1790 g/mol. The molecule has 10 heterocycles. The second kappa shape index (κ2) is 50.1. The fourth-order valence-electron chi connectivity index (χ4n) is 13.9. The zero-order chi connectivity index (χ0) is 102. The number of nitrogens with zero attached hydrogens (tertiary/aromatic N) is 8. The maximum absolute atomic E-state index is 12.9. The number of nitrogens with one attached hydrogen (secondary N) is 4. The largest absolute Gasteiger partial charge is 0.508 e. The number of thiazole rings is 1.